The number of anilines is 1. The van der Waals surface area contributed by atoms with Crippen molar-refractivity contribution in [3.8, 4) is 0 Å². The molecular weight excluding hydrogens is 282 g/mol. The SMILES string of the molecule is CC(=O)O[C@H]1c2ccccc2N[C@@H](c2cccs2)C1(C)C. The van der Waals surface area contributed by atoms with Gasteiger partial charge in [0.05, 0.1) is 6.04 Å². The van der Waals surface area contributed by atoms with Crippen LogP contribution in [0.2, 0.25) is 0 Å². The molecule has 1 N–H and O–H groups in total. The minimum absolute atomic E-state index is 0.122. The number of rotatable bonds is 2. The zero-order chi connectivity index (χ0) is 15.0. The second-order valence-corrected chi connectivity index (χ2v) is 6.97. The van der Waals surface area contributed by atoms with Gasteiger partial charge < -0.3 is 10.1 Å². The van der Waals surface area contributed by atoms with Crippen LogP contribution in [0, 0.1) is 5.41 Å². The van der Waals surface area contributed by atoms with Gasteiger partial charge in [-0.2, -0.15) is 0 Å². The number of carbonyl (C=O) groups excluding carboxylic acids is 1. The quantitative estimate of drug-likeness (QED) is 0.827. The fourth-order valence-corrected chi connectivity index (χ4v) is 4.00. The van der Waals surface area contributed by atoms with E-state index in [4.69, 9.17) is 4.74 Å². The van der Waals surface area contributed by atoms with E-state index in [1.807, 2.05) is 24.3 Å². The molecule has 3 rings (SSSR count). The third-order valence-electron chi connectivity index (χ3n) is 4.07. The first-order chi connectivity index (χ1) is 10.00. The van der Waals surface area contributed by atoms with Gasteiger partial charge in [-0.3, -0.25) is 4.79 Å². The maximum absolute atomic E-state index is 11.6. The molecule has 0 unspecified atom stereocenters. The predicted molar refractivity (Wildman–Crippen MR) is 85.4 cm³/mol. The summed E-state index contributed by atoms with van der Waals surface area (Å²) in [7, 11) is 0. The summed E-state index contributed by atoms with van der Waals surface area (Å²) in [5.41, 5.74) is 1.86. The van der Waals surface area contributed by atoms with Crippen molar-refractivity contribution in [3.63, 3.8) is 0 Å². The smallest absolute Gasteiger partial charge is 0.303 e. The average molecular weight is 301 g/mol. The lowest BCUT2D eigenvalue weighted by Gasteiger charge is -2.45. The lowest BCUT2D eigenvalue weighted by atomic mass is 9.72. The summed E-state index contributed by atoms with van der Waals surface area (Å²) in [6.45, 7) is 5.77. The number of hydrogen-bond acceptors (Lipinski definition) is 4. The molecule has 110 valence electrons. The summed E-state index contributed by atoms with van der Waals surface area (Å²) in [5.74, 6) is -0.241. The van der Waals surface area contributed by atoms with Gasteiger partial charge in [0, 0.05) is 28.5 Å². The van der Waals surface area contributed by atoms with Crippen LogP contribution in [0.4, 0.5) is 5.69 Å². The van der Waals surface area contributed by atoms with E-state index >= 15 is 0 Å². The van der Waals surface area contributed by atoms with Gasteiger partial charge in [0.25, 0.3) is 0 Å². The molecule has 0 radical (unpaired) electrons. The van der Waals surface area contributed by atoms with Crippen LogP contribution in [0.5, 0.6) is 0 Å². The highest BCUT2D eigenvalue weighted by atomic mass is 32.1. The number of benzene rings is 1. The van der Waals surface area contributed by atoms with Crippen molar-refractivity contribution < 1.29 is 9.53 Å². The first kappa shape index (κ1) is 14.1. The first-order valence-electron chi connectivity index (χ1n) is 7.06. The highest BCUT2D eigenvalue weighted by molar-refractivity contribution is 7.10. The van der Waals surface area contributed by atoms with E-state index in [-0.39, 0.29) is 23.5 Å². The van der Waals surface area contributed by atoms with E-state index in [1.54, 1.807) is 11.3 Å². The number of esters is 1. The molecule has 0 amide bonds. The van der Waals surface area contributed by atoms with Crippen LogP contribution >= 0.6 is 11.3 Å². The Bertz CT molecular complexity index is 649. The van der Waals surface area contributed by atoms with Crippen molar-refractivity contribution >= 4 is 23.0 Å². The largest absolute Gasteiger partial charge is 0.457 e. The molecule has 0 saturated carbocycles. The number of hydrogen-bond donors (Lipinski definition) is 1. The molecule has 21 heavy (non-hydrogen) atoms. The molecule has 4 heteroatoms. The van der Waals surface area contributed by atoms with Gasteiger partial charge in [-0.25, -0.2) is 0 Å². The summed E-state index contributed by atoms with van der Waals surface area (Å²) in [5, 5.41) is 5.69. The number of para-hydroxylation sites is 1. The van der Waals surface area contributed by atoms with Crippen LogP contribution < -0.4 is 5.32 Å². The van der Waals surface area contributed by atoms with Crippen LogP contribution in [-0.2, 0) is 9.53 Å². The maximum atomic E-state index is 11.6. The van der Waals surface area contributed by atoms with Gasteiger partial charge in [0.2, 0.25) is 0 Å². The Hall–Kier alpha value is -1.81. The molecule has 1 aromatic carbocycles. The van der Waals surface area contributed by atoms with Gasteiger partial charge in [0.1, 0.15) is 6.10 Å². The Morgan fingerprint density at radius 1 is 1.24 bits per heavy atom. The Balaban J connectivity index is 2.10. The van der Waals surface area contributed by atoms with Crippen LogP contribution in [-0.4, -0.2) is 5.97 Å². The summed E-state index contributed by atoms with van der Waals surface area (Å²) in [6.07, 6.45) is -0.250. The van der Waals surface area contributed by atoms with E-state index < -0.39 is 0 Å². The monoisotopic (exact) mass is 301 g/mol. The van der Waals surface area contributed by atoms with E-state index in [0.717, 1.165) is 11.3 Å². The zero-order valence-corrected chi connectivity index (χ0v) is 13.2. The van der Waals surface area contributed by atoms with E-state index in [1.165, 1.54) is 11.8 Å². The molecule has 1 aliphatic heterocycles. The van der Waals surface area contributed by atoms with E-state index in [9.17, 15) is 4.79 Å². The normalized spacial score (nSPS) is 23.0. The molecule has 2 heterocycles. The molecule has 3 nitrogen and oxygen atoms in total. The number of thiophene rings is 1. The van der Waals surface area contributed by atoms with Gasteiger partial charge in [-0.15, -0.1) is 11.3 Å². The van der Waals surface area contributed by atoms with Crippen molar-refractivity contribution in [1.82, 2.24) is 0 Å². The van der Waals surface area contributed by atoms with Crippen molar-refractivity contribution in [2.75, 3.05) is 5.32 Å². The average Bonchev–Trinajstić information content (AvgIpc) is 2.95. The highest BCUT2D eigenvalue weighted by Crippen LogP contribution is 2.53. The van der Waals surface area contributed by atoms with Gasteiger partial charge in [0.15, 0.2) is 0 Å². The van der Waals surface area contributed by atoms with Gasteiger partial charge in [-0.1, -0.05) is 38.1 Å². The molecule has 0 bridgehead atoms. The highest BCUT2D eigenvalue weighted by Gasteiger charge is 2.46. The minimum Gasteiger partial charge on any atom is -0.457 e. The van der Waals surface area contributed by atoms with Crippen LogP contribution in [0.3, 0.4) is 0 Å². The molecule has 0 spiro atoms. The standard InChI is InChI=1S/C17H19NO2S/c1-11(19)20-16-12-7-4-5-8-13(12)18-15(17(16,2)3)14-9-6-10-21-14/h4-10,15-16,18H,1-3H3/t15-,16-/m0/s1. The lowest BCUT2D eigenvalue weighted by molar-refractivity contribution is -0.154. The van der Waals surface area contributed by atoms with Gasteiger partial charge in [-0.05, 0) is 17.5 Å². The molecule has 0 saturated heterocycles. The Kier molecular flexibility index (Phi) is 3.49. The summed E-state index contributed by atoms with van der Waals surface area (Å²) < 4.78 is 5.69. The molecule has 1 aromatic heterocycles. The first-order valence-corrected chi connectivity index (χ1v) is 7.94. The summed E-state index contributed by atoms with van der Waals surface area (Å²) in [6, 6.07) is 12.4. The number of fused-ring (bicyclic) bond motifs is 1. The van der Waals surface area contributed by atoms with Gasteiger partial charge >= 0.3 is 5.97 Å². The Labute approximate surface area is 129 Å². The second kappa shape index (κ2) is 5.19. The van der Waals surface area contributed by atoms with Crippen molar-refractivity contribution in [3.05, 3.63) is 52.2 Å². The third-order valence-corrected chi connectivity index (χ3v) is 5.01. The molecule has 0 fully saturated rings. The van der Waals surface area contributed by atoms with Crippen molar-refractivity contribution in [2.24, 2.45) is 5.41 Å². The van der Waals surface area contributed by atoms with Crippen molar-refractivity contribution in [1.29, 1.82) is 0 Å². The Morgan fingerprint density at radius 2 is 2.00 bits per heavy atom. The number of ether oxygens (including phenoxy) is 1. The number of carbonyl (C=O) groups is 1. The maximum Gasteiger partial charge on any atom is 0.303 e. The number of nitrogens with one attached hydrogen (secondary N) is 1. The topological polar surface area (TPSA) is 38.3 Å². The molecule has 1 aliphatic rings. The molecule has 2 aromatic rings. The summed E-state index contributed by atoms with van der Waals surface area (Å²) in [4.78, 5) is 12.8. The molecule has 2 atom stereocenters. The molecule has 0 aliphatic carbocycles. The van der Waals surface area contributed by atoms with E-state index in [0.29, 0.717) is 0 Å². The summed E-state index contributed by atoms with van der Waals surface area (Å²) >= 11 is 1.72. The fourth-order valence-electron chi connectivity index (χ4n) is 3.03. The van der Waals surface area contributed by atoms with Crippen LogP contribution in [0.25, 0.3) is 0 Å². The Morgan fingerprint density at radius 3 is 2.67 bits per heavy atom. The van der Waals surface area contributed by atoms with Crippen LogP contribution in [0.1, 0.15) is 43.4 Å². The zero-order valence-electron chi connectivity index (χ0n) is 12.4. The third kappa shape index (κ3) is 2.44. The second-order valence-electron chi connectivity index (χ2n) is 5.99. The minimum atomic E-state index is -0.250. The van der Waals surface area contributed by atoms with E-state index in [2.05, 4.69) is 36.7 Å². The predicted octanol–water partition coefficient (Wildman–Crippen LogP) is 4.55. The fraction of sp³-hybridized carbons (Fsp3) is 0.353. The molecular formula is C17H19NO2S. The van der Waals surface area contributed by atoms with Crippen molar-refractivity contribution in [2.45, 2.75) is 32.9 Å². The lowest BCUT2D eigenvalue weighted by Crippen LogP contribution is -2.40. The van der Waals surface area contributed by atoms with Crippen LogP contribution in [0.15, 0.2) is 41.8 Å².